The van der Waals surface area contributed by atoms with Crippen molar-refractivity contribution in [2.75, 3.05) is 51.0 Å². The largest absolute Gasteiger partial charge is 0.469 e. The van der Waals surface area contributed by atoms with E-state index in [1.54, 1.807) is 21.9 Å². The molecular weight excluding hydrogens is 428 g/mol. The van der Waals surface area contributed by atoms with E-state index in [-0.39, 0.29) is 35.8 Å². The first-order chi connectivity index (χ1) is 15.8. The van der Waals surface area contributed by atoms with E-state index in [1.807, 2.05) is 13.0 Å². The van der Waals surface area contributed by atoms with Crippen LogP contribution in [-0.4, -0.2) is 74.2 Å². The summed E-state index contributed by atoms with van der Waals surface area (Å²) in [4.78, 5) is 52.1. The Kier molecular flexibility index (Phi) is 8.13. The highest BCUT2D eigenvalue weighted by atomic mass is 16.5. The van der Waals surface area contributed by atoms with Crippen LogP contribution in [0, 0.1) is 18.8 Å². The maximum Gasteiger partial charge on any atom is 0.321 e. The Morgan fingerprint density at radius 3 is 1.70 bits per heavy atom. The van der Waals surface area contributed by atoms with Crippen molar-refractivity contribution >= 4 is 35.4 Å². The summed E-state index contributed by atoms with van der Waals surface area (Å²) < 4.78 is 9.57. The third-order valence-corrected chi connectivity index (χ3v) is 6.36. The number of ether oxygens (including phenoxy) is 2. The predicted octanol–water partition coefficient (Wildman–Crippen LogP) is 2.83. The first kappa shape index (κ1) is 24.3. The molecule has 10 nitrogen and oxygen atoms in total. The molecule has 2 fully saturated rings. The molecule has 2 N–H and O–H groups in total. The van der Waals surface area contributed by atoms with E-state index in [9.17, 15) is 19.2 Å². The molecule has 4 amide bonds. The number of benzene rings is 1. The van der Waals surface area contributed by atoms with Crippen LogP contribution in [0.4, 0.5) is 21.0 Å². The number of esters is 2. The zero-order valence-electron chi connectivity index (χ0n) is 19.4. The van der Waals surface area contributed by atoms with Gasteiger partial charge in [0.2, 0.25) is 0 Å². The molecule has 0 atom stereocenters. The summed E-state index contributed by atoms with van der Waals surface area (Å²) in [5.41, 5.74) is 2.04. The predicted molar refractivity (Wildman–Crippen MR) is 122 cm³/mol. The Balaban J connectivity index is 1.54. The van der Waals surface area contributed by atoms with Crippen molar-refractivity contribution in [3.63, 3.8) is 0 Å². The van der Waals surface area contributed by atoms with Crippen molar-refractivity contribution in [2.24, 2.45) is 11.8 Å². The lowest BCUT2D eigenvalue weighted by Crippen LogP contribution is -2.43. The number of amides is 4. The zero-order valence-corrected chi connectivity index (χ0v) is 19.4. The maximum absolute atomic E-state index is 12.7. The fourth-order valence-electron chi connectivity index (χ4n) is 4.20. The van der Waals surface area contributed by atoms with Crippen molar-refractivity contribution in [1.29, 1.82) is 0 Å². The number of hydrogen-bond donors (Lipinski definition) is 2. The summed E-state index contributed by atoms with van der Waals surface area (Å²) in [7, 11) is 2.75. The average molecular weight is 461 g/mol. The lowest BCUT2D eigenvalue weighted by atomic mass is 9.97. The van der Waals surface area contributed by atoms with E-state index in [4.69, 9.17) is 9.47 Å². The van der Waals surface area contributed by atoms with E-state index < -0.39 is 0 Å². The van der Waals surface area contributed by atoms with Gasteiger partial charge in [-0.15, -0.1) is 0 Å². The summed E-state index contributed by atoms with van der Waals surface area (Å²) in [6, 6.07) is 4.86. The highest BCUT2D eigenvalue weighted by Crippen LogP contribution is 2.24. The molecule has 2 saturated heterocycles. The number of hydrogen-bond acceptors (Lipinski definition) is 6. The van der Waals surface area contributed by atoms with Crippen molar-refractivity contribution in [2.45, 2.75) is 32.6 Å². The minimum Gasteiger partial charge on any atom is -0.469 e. The number of carbonyl (C=O) groups is 4. The normalized spacial score (nSPS) is 17.3. The molecule has 0 aromatic heterocycles. The molecule has 0 unspecified atom stereocenters. The standard InChI is InChI=1S/C23H32N4O6/c1-15-4-5-18(24-22(30)26-10-6-16(7-11-26)20(28)32-2)14-19(15)25-23(31)27-12-8-17(9-13-27)21(29)33-3/h4-5,14,16-17H,6-13H2,1-3H3,(H,24,30)(H,25,31). The highest BCUT2D eigenvalue weighted by molar-refractivity contribution is 5.93. The van der Waals surface area contributed by atoms with E-state index in [1.165, 1.54) is 14.2 Å². The highest BCUT2D eigenvalue weighted by Gasteiger charge is 2.29. The fraction of sp³-hybridized carbons (Fsp3) is 0.565. The van der Waals surface area contributed by atoms with Crippen LogP contribution in [0.1, 0.15) is 31.2 Å². The number of anilines is 2. The van der Waals surface area contributed by atoms with Gasteiger partial charge in [0.1, 0.15) is 0 Å². The summed E-state index contributed by atoms with van der Waals surface area (Å²) in [6.07, 6.45) is 2.29. The monoisotopic (exact) mass is 460 g/mol. The molecule has 0 radical (unpaired) electrons. The molecule has 2 aliphatic heterocycles. The molecule has 1 aromatic carbocycles. The van der Waals surface area contributed by atoms with Gasteiger partial charge >= 0.3 is 24.0 Å². The second kappa shape index (κ2) is 11.0. The van der Waals surface area contributed by atoms with Gasteiger partial charge in [0.25, 0.3) is 0 Å². The number of piperidine rings is 2. The summed E-state index contributed by atoms with van der Waals surface area (Å²) in [5, 5.41) is 5.78. The lowest BCUT2D eigenvalue weighted by Gasteiger charge is -2.31. The molecular formula is C23H32N4O6. The average Bonchev–Trinajstić information content (AvgIpc) is 2.85. The third kappa shape index (κ3) is 6.15. The van der Waals surface area contributed by atoms with E-state index in [2.05, 4.69) is 10.6 Å². The fourth-order valence-corrected chi connectivity index (χ4v) is 4.20. The Hall–Kier alpha value is -3.30. The van der Waals surface area contributed by atoms with Gasteiger partial charge < -0.3 is 29.9 Å². The topological polar surface area (TPSA) is 117 Å². The SMILES string of the molecule is COC(=O)C1CCN(C(=O)Nc2ccc(C)c(NC(=O)N3CCC(C(=O)OC)CC3)c2)CC1. The van der Waals surface area contributed by atoms with Crippen LogP contribution < -0.4 is 10.6 Å². The Bertz CT molecular complexity index is 889. The Labute approximate surface area is 193 Å². The molecule has 0 aliphatic carbocycles. The second-order valence-electron chi connectivity index (χ2n) is 8.46. The van der Waals surface area contributed by atoms with Gasteiger partial charge in [-0.1, -0.05) is 6.07 Å². The second-order valence-corrected chi connectivity index (χ2v) is 8.46. The number of nitrogens with zero attached hydrogens (tertiary/aromatic N) is 2. The van der Waals surface area contributed by atoms with Crippen molar-refractivity contribution in [1.82, 2.24) is 9.80 Å². The molecule has 0 saturated carbocycles. The first-order valence-corrected chi connectivity index (χ1v) is 11.2. The number of rotatable bonds is 4. The van der Waals surface area contributed by atoms with E-state index in [0.717, 1.165) is 5.56 Å². The third-order valence-electron chi connectivity index (χ3n) is 6.36. The molecule has 0 bridgehead atoms. The Morgan fingerprint density at radius 1 is 0.788 bits per heavy atom. The molecule has 1 aromatic rings. The molecule has 33 heavy (non-hydrogen) atoms. The first-order valence-electron chi connectivity index (χ1n) is 11.2. The van der Waals surface area contributed by atoms with Crippen molar-refractivity contribution in [3.8, 4) is 0 Å². The minimum atomic E-state index is -0.246. The molecule has 2 heterocycles. The van der Waals surface area contributed by atoms with Crippen molar-refractivity contribution in [3.05, 3.63) is 23.8 Å². The van der Waals surface area contributed by atoms with Gasteiger partial charge in [-0.05, 0) is 50.3 Å². The van der Waals surface area contributed by atoms with Gasteiger partial charge in [-0.2, -0.15) is 0 Å². The van der Waals surface area contributed by atoms with E-state index in [0.29, 0.717) is 63.2 Å². The molecule has 2 aliphatic rings. The quantitative estimate of drug-likeness (QED) is 0.668. The van der Waals surface area contributed by atoms with Crippen LogP contribution in [0.25, 0.3) is 0 Å². The van der Waals surface area contributed by atoms with Crippen LogP contribution in [0.15, 0.2) is 18.2 Å². The summed E-state index contributed by atoms with van der Waals surface area (Å²) in [5.74, 6) is -0.803. The smallest absolute Gasteiger partial charge is 0.321 e. The van der Waals surface area contributed by atoms with Crippen molar-refractivity contribution < 1.29 is 28.7 Å². The molecule has 10 heteroatoms. The van der Waals surface area contributed by atoms with Crippen LogP contribution in [0.5, 0.6) is 0 Å². The van der Waals surface area contributed by atoms with Gasteiger partial charge in [0, 0.05) is 37.6 Å². The molecule has 180 valence electrons. The number of carbonyl (C=O) groups excluding carboxylic acids is 4. The number of methoxy groups -OCH3 is 2. The van der Waals surface area contributed by atoms with Crippen LogP contribution in [-0.2, 0) is 19.1 Å². The van der Waals surface area contributed by atoms with Gasteiger partial charge in [0.15, 0.2) is 0 Å². The number of urea groups is 2. The van der Waals surface area contributed by atoms with Gasteiger partial charge in [-0.25, -0.2) is 9.59 Å². The number of aryl methyl sites for hydroxylation is 1. The van der Waals surface area contributed by atoms with Crippen LogP contribution >= 0.6 is 0 Å². The summed E-state index contributed by atoms with van der Waals surface area (Å²) >= 11 is 0. The van der Waals surface area contributed by atoms with Gasteiger partial charge in [0.05, 0.1) is 26.1 Å². The molecule has 0 spiro atoms. The number of nitrogens with one attached hydrogen (secondary N) is 2. The summed E-state index contributed by atoms with van der Waals surface area (Å²) in [6.45, 7) is 3.78. The van der Waals surface area contributed by atoms with E-state index >= 15 is 0 Å². The lowest BCUT2D eigenvalue weighted by molar-refractivity contribution is -0.147. The van der Waals surface area contributed by atoms with Crippen LogP contribution in [0.3, 0.4) is 0 Å². The minimum absolute atomic E-state index is 0.169. The maximum atomic E-state index is 12.7. The molecule has 3 rings (SSSR count). The zero-order chi connectivity index (χ0) is 24.0. The number of likely N-dealkylation sites (tertiary alicyclic amines) is 2. The van der Waals surface area contributed by atoms with Gasteiger partial charge in [-0.3, -0.25) is 9.59 Å². The van der Waals surface area contributed by atoms with Crippen LogP contribution in [0.2, 0.25) is 0 Å². The Morgan fingerprint density at radius 2 is 1.24 bits per heavy atom.